The van der Waals surface area contributed by atoms with E-state index in [1.807, 2.05) is 30.5 Å². The number of fused-ring (bicyclic) bond motifs is 1. The van der Waals surface area contributed by atoms with Gasteiger partial charge in [-0.3, -0.25) is 0 Å². The number of aromatic amines is 1. The Hall–Kier alpha value is -1.97. The molecule has 1 amide bonds. The molecule has 15 heavy (non-hydrogen) atoms. The zero-order valence-corrected chi connectivity index (χ0v) is 7.99. The van der Waals surface area contributed by atoms with Crippen molar-refractivity contribution in [2.24, 2.45) is 0 Å². The quantitative estimate of drug-likeness (QED) is 0.742. The van der Waals surface area contributed by atoms with Gasteiger partial charge < -0.3 is 15.0 Å². The lowest BCUT2D eigenvalue weighted by molar-refractivity contribution is 0.177. The van der Waals surface area contributed by atoms with Crippen molar-refractivity contribution >= 4 is 17.0 Å². The standard InChI is InChI=1S/C11H10N2O2/c14-11-13-10(6-15-11)7-2-1-3-9-8(7)4-5-12-9/h1-5,10,12H,6H2,(H,13,14)/t10-/m1/s1. The molecule has 0 saturated carbocycles. The van der Waals surface area contributed by atoms with Crippen molar-refractivity contribution in [1.29, 1.82) is 0 Å². The molecule has 3 rings (SSSR count). The number of carbonyl (C=O) groups is 1. The van der Waals surface area contributed by atoms with Gasteiger partial charge in [-0.2, -0.15) is 0 Å². The van der Waals surface area contributed by atoms with Gasteiger partial charge >= 0.3 is 6.09 Å². The molecule has 1 aromatic carbocycles. The smallest absolute Gasteiger partial charge is 0.407 e. The first kappa shape index (κ1) is 8.35. The number of ether oxygens (including phenoxy) is 1. The van der Waals surface area contributed by atoms with Crippen LogP contribution in [-0.2, 0) is 4.74 Å². The minimum atomic E-state index is -0.340. The van der Waals surface area contributed by atoms with Gasteiger partial charge in [0.25, 0.3) is 0 Å². The van der Waals surface area contributed by atoms with Crippen molar-refractivity contribution in [2.45, 2.75) is 6.04 Å². The first-order valence-electron chi connectivity index (χ1n) is 4.84. The lowest BCUT2D eigenvalue weighted by Gasteiger charge is -2.08. The summed E-state index contributed by atoms with van der Waals surface area (Å²) in [5.74, 6) is 0. The van der Waals surface area contributed by atoms with E-state index < -0.39 is 0 Å². The average Bonchev–Trinajstić information content (AvgIpc) is 2.84. The highest BCUT2D eigenvalue weighted by Crippen LogP contribution is 2.25. The summed E-state index contributed by atoms with van der Waals surface area (Å²) in [7, 11) is 0. The van der Waals surface area contributed by atoms with E-state index in [2.05, 4.69) is 10.3 Å². The van der Waals surface area contributed by atoms with Crippen LogP contribution in [0.25, 0.3) is 10.9 Å². The monoisotopic (exact) mass is 202 g/mol. The molecule has 0 spiro atoms. The molecule has 1 atom stereocenters. The molecule has 2 N–H and O–H groups in total. The van der Waals surface area contributed by atoms with Crippen LogP contribution in [0.1, 0.15) is 11.6 Å². The Balaban J connectivity index is 2.10. The zero-order chi connectivity index (χ0) is 10.3. The zero-order valence-electron chi connectivity index (χ0n) is 7.99. The van der Waals surface area contributed by atoms with Crippen LogP contribution in [0.3, 0.4) is 0 Å². The van der Waals surface area contributed by atoms with E-state index in [9.17, 15) is 4.79 Å². The van der Waals surface area contributed by atoms with Gasteiger partial charge in [-0.05, 0) is 17.7 Å². The van der Waals surface area contributed by atoms with Crippen LogP contribution in [0.5, 0.6) is 0 Å². The fourth-order valence-corrected chi connectivity index (χ4v) is 1.97. The molecule has 2 heterocycles. The normalized spacial score (nSPS) is 20.3. The van der Waals surface area contributed by atoms with Crippen LogP contribution in [0.4, 0.5) is 4.79 Å². The molecule has 0 unspecified atom stereocenters. The van der Waals surface area contributed by atoms with Gasteiger partial charge in [0.2, 0.25) is 0 Å². The lowest BCUT2D eigenvalue weighted by atomic mass is 10.0. The molecule has 76 valence electrons. The Labute approximate surface area is 86.2 Å². The van der Waals surface area contributed by atoms with Crippen LogP contribution >= 0.6 is 0 Å². The number of cyclic esters (lactones) is 1. The molecule has 4 heteroatoms. The number of amides is 1. The molecule has 1 aliphatic heterocycles. The first-order valence-corrected chi connectivity index (χ1v) is 4.84. The second-order valence-electron chi connectivity index (χ2n) is 3.58. The van der Waals surface area contributed by atoms with E-state index in [1.54, 1.807) is 0 Å². The third kappa shape index (κ3) is 1.26. The number of rotatable bonds is 1. The highest BCUT2D eigenvalue weighted by atomic mass is 16.6. The third-order valence-corrected chi connectivity index (χ3v) is 2.68. The van der Waals surface area contributed by atoms with Gasteiger partial charge in [0, 0.05) is 17.1 Å². The van der Waals surface area contributed by atoms with Gasteiger partial charge in [0.05, 0.1) is 6.04 Å². The number of nitrogens with one attached hydrogen (secondary N) is 2. The number of H-pyrrole nitrogens is 1. The maximum Gasteiger partial charge on any atom is 0.407 e. The maximum atomic E-state index is 11.0. The van der Waals surface area contributed by atoms with E-state index >= 15 is 0 Å². The molecule has 4 nitrogen and oxygen atoms in total. The highest BCUT2D eigenvalue weighted by molar-refractivity contribution is 5.84. The molecule has 1 aromatic heterocycles. The summed E-state index contributed by atoms with van der Waals surface area (Å²) in [6.45, 7) is 0.406. The number of benzene rings is 1. The summed E-state index contributed by atoms with van der Waals surface area (Å²) < 4.78 is 4.89. The molecule has 0 radical (unpaired) electrons. The summed E-state index contributed by atoms with van der Waals surface area (Å²) in [5.41, 5.74) is 2.17. The Morgan fingerprint density at radius 2 is 2.27 bits per heavy atom. The largest absolute Gasteiger partial charge is 0.447 e. The SMILES string of the molecule is O=C1N[C@@H](c2cccc3[nH]ccc23)CO1. The summed E-state index contributed by atoms with van der Waals surface area (Å²) in [6.07, 6.45) is 1.55. The van der Waals surface area contributed by atoms with Gasteiger partial charge in [-0.1, -0.05) is 12.1 Å². The van der Waals surface area contributed by atoms with E-state index in [0.29, 0.717) is 6.61 Å². The van der Waals surface area contributed by atoms with E-state index in [-0.39, 0.29) is 12.1 Å². The average molecular weight is 202 g/mol. The Bertz CT molecular complexity index is 518. The number of hydrogen-bond donors (Lipinski definition) is 2. The molecule has 1 saturated heterocycles. The second-order valence-corrected chi connectivity index (χ2v) is 3.58. The summed E-state index contributed by atoms with van der Waals surface area (Å²) in [4.78, 5) is 14.1. The van der Waals surface area contributed by atoms with Crippen LogP contribution < -0.4 is 5.32 Å². The van der Waals surface area contributed by atoms with Crippen LogP contribution in [0.15, 0.2) is 30.5 Å². The molecule has 0 bridgehead atoms. The lowest BCUT2D eigenvalue weighted by Crippen LogP contribution is -2.18. The van der Waals surface area contributed by atoms with Crippen molar-refractivity contribution in [3.05, 3.63) is 36.0 Å². The first-order chi connectivity index (χ1) is 7.34. The fourth-order valence-electron chi connectivity index (χ4n) is 1.97. The van der Waals surface area contributed by atoms with Crippen LogP contribution in [0.2, 0.25) is 0 Å². The molecular weight excluding hydrogens is 192 g/mol. The fraction of sp³-hybridized carbons (Fsp3) is 0.182. The molecular formula is C11H10N2O2. The highest BCUT2D eigenvalue weighted by Gasteiger charge is 2.24. The van der Waals surface area contributed by atoms with E-state index in [4.69, 9.17) is 4.74 Å². The van der Waals surface area contributed by atoms with E-state index in [0.717, 1.165) is 16.5 Å². The second kappa shape index (κ2) is 3.02. The number of carbonyl (C=O) groups excluding carboxylic acids is 1. The predicted molar refractivity (Wildman–Crippen MR) is 55.5 cm³/mol. The Kier molecular flexibility index (Phi) is 1.68. The van der Waals surface area contributed by atoms with Crippen LogP contribution in [0, 0.1) is 0 Å². The van der Waals surface area contributed by atoms with Crippen molar-refractivity contribution in [1.82, 2.24) is 10.3 Å². The minimum Gasteiger partial charge on any atom is -0.447 e. The molecule has 1 aliphatic rings. The minimum absolute atomic E-state index is 0.0306. The third-order valence-electron chi connectivity index (χ3n) is 2.68. The molecule has 2 aromatic rings. The van der Waals surface area contributed by atoms with Crippen molar-refractivity contribution in [2.75, 3.05) is 6.61 Å². The van der Waals surface area contributed by atoms with Crippen molar-refractivity contribution in [3.63, 3.8) is 0 Å². The van der Waals surface area contributed by atoms with Gasteiger partial charge in [-0.15, -0.1) is 0 Å². The molecule has 0 aliphatic carbocycles. The van der Waals surface area contributed by atoms with Gasteiger partial charge in [-0.25, -0.2) is 4.79 Å². The topological polar surface area (TPSA) is 54.1 Å². The predicted octanol–water partition coefficient (Wildman–Crippen LogP) is 1.95. The van der Waals surface area contributed by atoms with Crippen molar-refractivity contribution < 1.29 is 9.53 Å². The van der Waals surface area contributed by atoms with Crippen molar-refractivity contribution in [3.8, 4) is 0 Å². The summed E-state index contributed by atoms with van der Waals surface area (Å²) in [5, 5.41) is 3.91. The summed E-state index contributed by atoms with van der Waals surface area (Å²) >= 11 is 0. The molecule has 1 fully saturated rings. The van der Waals surface area contributed by atoms with Crippen LogP contribution in [-0.4, -0.2) is 17.7 Å². The maximum absolute atomic E-state index is 11.0. The Morgan fingerprint density at radius 1 is 1.33 bits per heavy atom. The number of aromatic nitrogens is 1. The van der Waals surface area contributed by atoms with Gasteiger partial charge in [0.15, 0.2) is 0 Å². The van der Waals surface area contributed by atoms with E-state index in [1.165, 1.54) is 0 Å². The Morgan fingerprint density at radius 3 is 3.07 bits per heavy atom. The number of hydrogen-bond acceptors (Lipinski definition) is 2. The summed E-state index contributed by atoms with van der Waals surface area (Å²) in [6, 6.07) is 7.97. The number of alkyl carbamates (subject to hydrolysis) is 1. The van der Waals surface area contributed by atoms with Gasteiger partial charge in [0.1, 0.15) is 6.61 Å².